The Kier molecular flexibility index (Phi) is 3.26. The van der Waals surface area contributed by atoms with Gasteiger partial charge in [-0.05, 0) is 24.6 Å². The van der Waals surface area contributed by atoms with Gasteiger partial charge in [-0.2, -0.15) is 0 Å². The summed E-state index contributed by atoms with van der Waals surface area (Å²) in [7, 11) is 0. The SMILES string of the molecule is N/C=C/CCc1ccccc1. The van der Waals surface area contributed by atoms with Gasteiger partial charge in [0.05, 0.1) is 0 Å². The van der Waals surface area contributed by atoms with Crippen molar-refractivity contribution in [2.24, 2.45) is 5.73 Å². The highest BCUT2D eigenvalue weighted by Gasteiger charge is 1.86. The minimum absolute atomic E-state index is 1.03. The van der Waals surface area contributed by atoms with Gasteiger partial charge in [0.1, 0.15) is 0 Å². The summed E-state index contributed by atoms with van der Waals surface area (Å²) < 4.78 is 0. The van der Waals surface area contributed by atoms with Crippen LogP contribution in [0.5, 0.6) is 0 Å². The van der Waals surface area contributed by atoms with E-state index >= 15 is 0 Å². The maximum Gasteiger partial charge on any atom is -0.0103 e. The van der Waals surface area contributed by atoms with Crippen molar-refractivity contribution in [1.29, 1.82) is 0 Å². The van der Waals surface area contributed by atoms with Crippen LogP contribution in [0, 0.1) is 0 Å². The first-order chi connectivity index (χ1) is 5.43. The van der Waals surface area contributed by atoms with Crippen LogP contribution >= 0.6 is 0 Å². The van der Waals surface area contributed by atoms with Crippen LogP contribution < -0.4 is 5.73 Å². The summed E-state index contributed by atoms with van der Waals surface area (Å²) >= 11 is 0. The van der Waals surface area contributed by atoms with Crippen LogP contribution in [0.1, 0.15) is 12.0 Å². The molecule has 0 heterocycles. The maximum atomic E-state index is 5.21. The number of hydrogen-bond donors (Lipinski definition) is 1. The van der Waals surface area contributed by atoms with Crippen molar-refractivity contribution in [2.45, 2.75) is 12.8 Å². The predicted octanol–water partition coefficient (Wildman–Crippen LogP) is 2.09. The normalized spacial score (nSPS) is 10.5. The number of hydrogen-bond acceptors (Lipinski definition) is 1. The van der Waals surface area contributed by atoms with Crippen molar-refractivity contribution in [3.05, 3.63) is 48.2 Å². The van der Waals surface area contributed by atoms with Crippen LogP contribution in [0.2, 0.25) is 0 Å². The third kappa shape index (κ3) is 2.89. The summed E-state index contributed by atoms with van der Waals surface area (Å²) in [5.41, 5.74) is 6.58. The Hall–Kier alpha value is -1.24. The molecule has 0 aliphatic heterocycles. The molecule has 1 heteroatoms. The Bertz CT molecular complexity index is 214. The first kappa shape index (κ1) is 7.86. The lowest BCUT2D eigenvalue weighted by Crippen LogP contribution is -1.82. The van der Waals surface area contributed by atoms with Crippen molar-refractivity contribution in [1.82, 2.24) is 0 Å². The van der Waals surface area contributed by atoms with Crippen LogP contribution in [0.3, 0.4) is 0 Å². The fraction of sp³-hybridized carbons (Fsp3) is 0.200. The molecular weight excluding hydrogens is 134 g/mol. The molecule has 0 saturated carbocycles. The molecule has 2 N–H and O–H groups in total. The van der Waals surface area contributed by atoms with Gasteiger partial charge in [-0.1, -0.05) is 36.4 Å². The zero-order valence-electron chi connectivity index (χ0n) is 6.53. The van der Waals surface area contributed by atoms with Gasteiger partial charge in [-0.3, -0.25) is 0 Å². The first-order valence-electron chi connectivity index (χ1n) is 3.84. The number of benzene rings is 1. The summed E-state index contributed by atoms with van der Waals surface area (Å²) in [6.07, 6.45) is 5.69. The Morgan fingerprint density at radius 1 is 1.18 bits per heavy atom. The van der Waals surface area contributed by atoms with Crippen LogP contribution in [0.25, 0.3) is 0 Å². The molecule has 0 unspecified atom stereocenters. The Morgan fingerprint density at radius 3 is 2.55 bits per heavy atom. The van der Waals surface area contributed by atoms with Gasteiger partial charge in [-0.15, -0.1) is 0 Å². The van der Waals surface area contributed by atoms with E-state index in [0.29, 0.717) is 0 Å². The van der Waals surface area contributed by atoms with E-state index in [1.165, 1.54) is 5.56 Å². The quantitative estimate of drug-likeness (QED) is 0.696. The molecule has 0 spiro atoms. The standard InChI is InChI=1S/C10H13N/c11-9-5-4-8-10-6-2-1-3-7-10/h1-3,5-7,9H,4,8,11H2/b9-5+. The molecule has 0 atom stereocenters. The van der Waals surface area contributed by atoms with Gasteiger partial charge in [0.2, 0.25) is 0 Å². The number of nitrogens with two attached hydrogens (primary N) is 1. The molecule has 0 aliphatic carbocycles. The Morgan fingerprint density at radius 2 is 1.91 bits per heavy atom. The van der Waals surface area contributed by atoms with E-state index in [4.69, 9.17) is 5.73 Å². The molecular formula is C10H13N. The van der Waals surface area contributed by atoms with E-state index in [1.807, 2.05) is 12.1 Å². The Labute approximate surface area is 67.5 Å². The van der Waals surface area contributed by atoms with Crippen LogP contribution in [-0.4, -0.2) is 0 Å². The summed E-state index contributed by atoms with van der Waals surface area (Å²) in [5.74, 6) is 0. The zero-order chi connectivity index (χ0) is 7.94. The van der Waals surface area contributed by atoms with E-state index in [0.717, 1.165) is 12.8 Å². The fourth-order valence-corrected chi connectivity index (χ4v) is 0.991. The van der Waals surface area contributed by atoms with Crippen molar-refractivity contribution >= 4 is 0 Å². The summed E-state index contributed by atoms with van der Waals surface area (Å²) in [6, 6.07) is 10.4. The Balaban J connectivity index is 2.39. The lowest BCUT2D eigenvalue weighted by Gasteiger charge is -1.95. The summed E-state index contributed by atoms with van der Waals surface area (Å²) in [5, 5.41) is 0. The van der Waals surface area contributed by atoms with Gasteiger partial charge in [0.25, 0.3) is 0 Å². The number of rotatable bonds is 3. The molecule has 1 aromatic rings. The molecule has 11 heavy (non-hydrogen) atoms. The largest absolute Gasteiger partial charge is 0.405 e. The monoisotopic (exact) mass is 147 g/mol. The molecule has 0 aliphatic rings. The maximum absolute atomic E-state index is 5.21. The van der Waals surface area contributed by atoms with Crippen molar-refractivity contribution in [3.63, 3.8) is 0 Å². The molecule has 0 radical (unpaired) electrons. The van der Waals surface area contributed by atoms with Gasteiger partial charge in [-0.25, -0.2) is 0 Å². The molecule has 0 bridgehead atoms. The van der Waals surface area contributed by atoms with Crippen LogP contribution in [0.4, 0.5) is 0 Å². The minimum Gasteiger partial charge on any atom is -0.405 e. The van der Waals surface area contributed by atoms with E-state index in [-0.39, 0.29) is 0 Å². The van der Waals surface area contributed by atoms with Gasteiger partial charge >= 0.3 is 0 Å². The minimum atomic E-state index is 1.03. The zero-order valence-corrected chi connectivity index (χ0v) is 6.53. The highest BCUT2D eigenvalue weighted by Crippen LogP contribution is 2.01. The van der Waals surface area contributed by atoms with Gasteiger partial charge in [0, 0.05) is 0 Å². The third-order valence-corrected chi connectivity index (χ3v) is 1.58. The molecule has 0 amide bonds. The lowest BCUT2D eigenvalue weighted by molar-refractivity contribution is 0.998. The number of aryl methyl sites for hydroxylation is 1. The molecule has 0 fully saturated rings. The molecule has 1 nitrogen and oxygen atoms in total. The summed E-state index contributed by atoms with van der Waals surface area (Å²) in [4.78, 5) is 0. The molecule has 1 rings (SSSR count). The highest BCUT2D eigenvalue weighted by molar-refractivity contribution is 5.15. The lowest BCUT2D eigenvalue weighted by atomic mass is 10.1. The van der Waals surface area contributed by atoms with Gasteiger partial charge in [0.15, 0.2) is 0 Å². The smallest absolute Gasteiger partial charge is 0.0103 e. The van der Waals surface area contributed by atoms with Crippen molar-refractivity contribution in [2.75, 3.05) is 0 Å². The first-order valence-corrected chi connectivity index (χ1v) is 3.84. The third-order valence-electron chi connectivity index (χ3n) is 1.58. The van der Waals surface area contributed by atoms with E-state index in [1.54, 1.807) is 6.20 Å². The predicted molar refractivity (Wildman–Crippen MR) is 48.1 cm³/mol. The van der Waals surface area contributed by atoms with Crippen molar-refractivity contribution < 1.29 is 0 Å². The molecule has 0 saturated heterocycles. The summed E-state index contributed by atoms with van der Waals surface area (Å²) in [6.45, 7) is 0. The average Bonchev–Trinajstić information content (AvgIpc) is 2.07. The van der Waals surface area contributed by atoms with Crippen molar-refractivity contribution in [3.8, 4) is 0 Å². The fourth-order valence-electron chi connectivity index (χ4n) is 0.991. The second-order valence-corrected chi connectivity index (χ2v) is 2.45. The van der Waals surface area contributed by atoms with E-state index in [9.17, 15) is 0 Å². The van der Waals surface area contributed by atoms with Crippen LogP contribution in [0.15, 0.2) is 42.6 Å². The van der Waals surface area contributed by atoms with E-state index < -0.39 is 0 Å². The topological polar surface area (TPSA) is 26.0 Å². The molecule has 58 valence electrons. The molecule has 0 aromatic heterocycles. The van der Waals surface area contributed by atoms with E-state index in [2.05, 4.69) is 24.3 Å². The second-order valence-electron chi connectivity index (χ2n) is 2.45. The van der Waals surface area contributed by atoms with Gasteiger partial charge < -0.3 is 5.73 Å². The number of allylic oxidation sites excluding steroid dienone is 1. The highest BCUT2D eigenvalue weighted by atomic mass is 14.5. The second kappa shape index (κ2) is 4.56. The average molecular weight is 147 g/mol. The van der Waals surface area contributed by atoms with Crippen LogP contribution in [-0.2, 0) is 6.42 Å². The molecule has 1 aromatic carbocycles.